The van der Waals surface area contributed by atoms with Crippen LogP contribution >= 0.6 is 0 Å². The fourth-order valence-electron chi connectivity index (χ4n) is 3.76. The lowest BCUT2D eigenvalue weighted by Crippen LogP contribution is -2.32. The van der Waals surface area contributed by atoms with Gasteiger partial charge in [0.1, 0.15) is 12.4 Å². The number of fused-ring (bicyclic) bond motifs is 4. The van der Waals surface area contributed by atoms with Gasteiger partial charge in [-0.2, -0.15) is 0 Å². The minimum Gasteiger partial charge on any atom is -0.454 e. The molecule has 5 rings (SSSR count). The highest BCUT2D eigenvalue weighted by Gasteiger charge is 2.24. The molecule has 6 heteroatoms. The molecule has 0 saturated heterocycles. The molecular formula is C20H21N3O3. The average molecular weight is 351 g/mol. The summed E-state index contributed by atoms with van der Waals surface area (Å²) in [6, 6.07) is 12.7. The van der Waals surface area contributed by atoms with Gasteiger partial charge in [-0.3, -0.25) is 0 Å². The number of hydrogen-bond acceptors (Lipinski definition) is 5. The third kappa shape index (κ3) is 2.62. The van der Waals surface area contributed by atoms with Crippen LogP contribution in [0.4, 0.5) is 0 Å². The van der Waals surface area contributed by atoms with Crippen LogP contribution in [0.3, 0.4) is 0 Å². The van der Waals surface area contributed by atoms with Gasteiger partial charge in [0.05, 0.1) is 23.7 Å². The number of para-hydroxylation sites is 1. The maximum Gasteiger partial charge on any atom is 0.231 e. The van der Waals surface area contributed by atoms with Gasteiger partial charge in [0.2, 0.25) is 6.79 Å². The maximum atomic E-state index is 5.78. The Balaban J connectivity index is 1.33. The van der Waals surface area contributed by atoms with Crippen LogP contribution in [-0.4, -0.2) is 29.5 Å². The molecule has 1 atom stereocenters. The van der Waals surface area contributed by atoms with Gasteiger partial charge >= 0.3 is 0 Å². The number of ether oxygens (including phenoxy) is 3. The highest BCUT2D eigenvalue weighted by molar-refractivity contribution is 5.79. The monoisotopic (exact) mass is 351 g/mol. The van der Waals surface area contributed by atoms with Crippen molar-refractivity contribution >= 4 is 11.0 Å². The summed E-state index contributed by atoms with van der Waals surface area (Å²) in [7, 11) is 0. The van der Waals surface area contributed by atoms with E-state index in [1.54, 1.807) is 0 Å². The van der Waals surface area contributed by atoms with Crippen molar-refractivity contribution in [1.82, 2.24) is 14.9 Å². The van der Waals surface area contributed by atoms with Gasteiger partial charge in [0.25, 0.3) is 0 Å². The van der Waals surface area contributed by atoms with Crippen molar-refractivity contribution < 1.29 is 14.2 Å². The third-order valence-electron chi connectivity index (χ3n) is 5.05. The molecule has 0 unspecified atom stereocenters. The molecule has 0 amide bonds. The second-order valence-corrected chi connectivity index (χ2v) is 6.83. The molecule has 1 N–H and O–H groups in total. The van der Waals surface area contributed by atoms with Gasteiger partial charge < -0.3 is 24.1 Å². The Labute approximate surface area is 151 Å². The minimum atomic E-state index is 0.236. The number of imidazole rings is 1. The zero-order chi connectivity index (χ0) is 17.5. The van der Waals surface area contributed by atoms with Crippen LogP contribution in [0.15, 0.2) is 36.4 Å². The molecule has 3 aromatic rings. The predicted octanol–water partition coefficient (Wildman–Crippen LogP) is 2.93. The molecule has 0 radical (unpaired) electrons. The van der Waals surface area contributed by atoms with Crippen LogP contribution in [0, 0.1) is 6.92 Å². The van der Waals surface area contributed by atoms with Crippen molar-refractivity contribution in [1.29, 1.82) is 0 Å². The summed E-state index contributed by atoms with van der Waals surface area (Å²) in [5, 5.41) is 3.55. The summed E-state index contributed by atoms with van der Waals surface area (Å²) >= 11 is 0. The number of nitrogens with zero attached hydrogens (tertiary/aromatic N) is 2. The number of aryl methyl sites for hydroxylation is 1. The molecule has 1 aromatic heterocycles. The first-order chi connectivity index (χ1) is 12.8. The number of benzene rings is 2. The summed E-state index contributed by atoms with van der Waals surface area (Å²) in [6.45, 7) is 5.28. The lowest BCUT2D eigenvalue weighted by molar-refractivity contribution is 0.0564. The molecule has 0 bridgehead atoms. The summed E-state index contributed by atoms with van der Waals surface area (Å²) in [6.07, 6.45) is 0. The normalized spacial score (nSPS) is 18.3. The van der Waals surface area contributed by atoms with E-state index in [0.29, 0.717) is 20.0 Å². The Morgan fingerprint density at radius 2 is 2.12 bits per heavy atom. The lowest BCUT2D eigenvalue weighted by atomic mass is 10.2. The van der Waals surface area contributed by atoms with Crippen molar-refractivity contribution in [3.63, 3.8) is 0 Å². The number of aromatic nitrogens is 2. The van der Waals surface area contributed by atoms with Gasteiger partial charge in [0, 0.05) is 13.1 Å². The third-order valence-corrected chi connectivity index (χ3v) is 5.05. The van der Waals surface area contributed by atoms with Crippen LogP contribution in [0.1, 0.15) is 23.0 Å². The quantitative estimate of drug-likeness (QED) is 0.783. The van der Waals surface area contributed by atoms with Crippen LogP contribution in [0.25, 0.3) is 11.0 Å². The van der Waals surface area contributed by atoms with Crippen molar-refractivity contribution in [3.05, 3.63) is 53.3 Å². The largest absolute Gasteiger partial charge is 0.454 e. The smallest absolute Gasteiger partial charge is 0.231 e. The number of nitrogens with one attached hydrogen (secondary N) is 1. The van der Waals surface area contributed by atoms with E-state index < -0.39 is 0 Å². The summed E-state index contributed by atoms with van der Waals surface area (Å²) in [4.78, 5) is 4.79. The van der Waals surface area contributed by atoms with Crippen LogP contribution in [-0.2, 0) is 17.9 Å². The van der Waals surface area contributed by atoms with Gasteiger partial charge in [-0.25, -0.2) is 4.98 Å². The zero-order valence-corrected chi connectivity index (χ0v) is 14.7. The summed E-state index contributed by atoms with van der Waals surface area (Å²) < 4.78 is 18.9. The topological polar surface area (TPSA) is 57.5 Å². The van der Waals surface area contributed by atoms with Crippen molar-refractivity contribution in [2.45, 2.75) is 26.1 Å². The maximum absolute atomic E-state index is 5.78. The summed E-state index contributed by atoms with van der Waals surface area (Å²) in [5.74, 6) is 2.65. The number of hydrogen-bond donors (Lipinski definition) is 1. The molecule has 134 valence electrons. The minimum absolute atomic E-state index is 0.236. The highest BCUT2D eigenvalue weighted by atomic mass is 16.7. The lowest BCUT2D eigenvalue weighted by Gasteiger charge is -2.26. The SMILES string of the molecule is Cc1cccc2c1nc1n2[C@@H](CNCc2ccc3c(c2)OCO3)COC1. The Morgan fingerprint density at radius 3 is 3.08 bits per heavy atom. The summed E-state index contributed by atoms with van der Waals surface area (Å²) in [5.41, 5.74) is 4.65. The molecule has 0 spiro atoms. The molecule has 3 heterocycles. The Bertz CT molecular complexity index is 966. The van der Waals surface area contributed by atoms with E-state index in [0.717, 1.165) is 35.9 Å². The van der Waals surface area contributed by atoms with E-state index in [4.69, 9.17) is 19.2 Å². The Morgan fingerprint density at radius 1 is 1.19 bits per heavy atom. The first-order valence-corrected chi connectivity index (χ1v) is 8.93. The fraction of sp³-hybridized carbons (Fsp3) is 0.350. The van der Waals surface area contributed by atoms with E-state index >= 15 is 0 Å². The molecule has 2 aromatic carbocycles. The van der Waals surface area contributed by atoms with E-state index in [1.165, 1.54) is 16.6 Å². The van der Waals surface area contributed by atoms with Gasteiger partial charge in [0.15, 0.2) is 11.5 Å². The Kier molecular flexibility index (Phi) is 3.80. The molecule has 2 aliphatic heterocycles. The Hall–Kier alpha value is -2.57. The second kappa shape index (κ2) is 6.30. The first-order valence-electron chi connectivity index (χ1n) is 8.93. The van der Waals surface area contributed by atoms with E-state index in [1.807, 2.05) is 12.1 Å². The molecule has 0 aliphatic carbocycles. The first kappa shape index (κ1) is 15.7. The van der Waals surface area contributed by atoms with Gasteiger partial charge in [-0.15, -0.1) is 0 Å². The molecule has 26 heavy (non-hydrogen) atoms. The zero-order valence-electron chi connectivity index (χ0n) is 14.7. The van der Waals surface area contributed by atoms with Crippen LogP contribution in [0.5, 0.6) is 11.5 Å². The highest BCUT2D eigenvalue weighted by Crippen LogP contribution is 2.32. The van der Waals surface area contributed by atoms with Gasteiger partial charge in [-0.05, 0) is 36.2 Å². The molecule has 2 aliphatic rings. The molecule has 0 saturated carbocycles. The molecular weight excluding hydrogens is 330 g/mol. The standard InChI is InChI=1S/C20H21N3O3/c1-13-3-2-4-16-20(13)22-19-11-24-10-15(23(16)19)9-21-8-14-5-6-17-18(7-14)26-12-25-17/h2-7,15,21H,8-12H2,1H3/t15-/m0/s1. The molecule has 0 fully saturated rings. The van der Waals surface area contributed by atoms with Crippen LogP contribution < -0.4 is 14.8 Å². The van der Waals surface area contributed by atoms with E-state index in [2.05, 4.69) is 41.1 Å². The molecule has 6 nitrogen and oxygen atoms in total. The number of rotatable bonds is 4. The van der Waals surface area contributed by atoms with Crippen molar-refractivity contribution in [2.24, 2.45) is 0 Å². The predicted molar refractivity (Wildman–Crippen MR) is 97.4 cm³/mol. The van der Waals surface area contributed by atoms with E-state index in [9.17, 15) is 0 Å². The second-order valence-electron chi connectivity index (χ2n) is 6.83. The van der Waals surface area contributed by atoms with Crippen molar-refractivity contribution in [3.8, 4) is 11.5 Å². The average Bonchev–Trinajstić information content (AvgIpc) is 3.27. The fourth-order valence-corrected chi connectivity index (χ4v) is 3.76. The van der Waals surface area contributed by atoms with E-state index in [-0.39, 0.29) is 6.04 Å². The van der Waals surface area contributed by atoms with Crippen molar-refractivity contribution in [2.75, 3.05) is 19.9 Å². The van der Waals surface area contributed by atoms with Crippen LogP contribution in [0.2, 0.25) is 0 Å². The van der Waals surface area contributed by atoms with Gasteiger partial charge in [-0.1, -0.05) is 18.2 Å².